The Morgan fingerprint density at radius 3 is 2.60 bits per heavy atom. The van der Waals surface area contributed by atoms with Gasteiger partial charge in [0.1, 0.15) is 28.8 Å². The van der Waals surface area contributed by atoms with Gasteiger partial charge < -0.3 is 38.7 Å². The van der Waals surface area contributed by atoms with Crippen LogP contribution in [-0.2, 0) is 6.42 Å². The molecule has 4 aromatic carbocycles. The summed E-state index contributed by atoms with van der Waals surface area (Å²) in [5.74, 6) is 2.61. The first-order valence-corrected chi connectivity index (χ1v) is 15.7. The number of nitrogens with one attached hydrogen (secondary N) is 1. The largest absolute Gasteiger partial charge is 0.507 e. The van der Waals surface area contributed by atoms with Gasteiger partial charge in [-0.3, -0.25) is 9.59 Å². The van der Waals surface area contributed by atoms with Gasteiger partial charge in [-0.15, -0.1) is 0 Å². The van der Waals surface area contributed by atoms with E-state index in [2.05, 4.69) is 5.32 Å². The molecule has 2 amide bonds. The van der Waals surface area contributed by atoms with Gasteiger partial charge in [0.2, 0.25) is 0 Å². The fourth-order valence-electron chi connectivity index (χ4n) is 6.17. The minimum atomic E-state index is -0.485. The molecule has 244 valence electrons. The smallest absolute Gasteiger partial charge is 0.290 e. The second-order valence-electron chi connectivity index (χ2n) is 11.6. The third-order valence-electron chi connectivity index (χ3n) is 8.60. The highest BCUT2D eigenvalue weighted by molar-refractivity contribution is 5.97. The standard InChI is InChI=1S/C38H34N2O8/c1-44-26-9-7-23(8-10-26)32-13-14-33(48-32)38(43)40-17-15-24-20-35-34(45-2)22-29(24)36(40)25-5-3-6-27(19-25)46-18-4-16-39-37(42)30-21-28(47-35)11-12-31(30)41/h3,5-14,19-22,36,41H,4,15-18H2,1-2H3,(H,39,42). The van der Waals surface area contributed by atoms with Crippen LogP contribution in [0.25, 0.3) is 11.3 Å². The van der Waals surface area contributed by atoms with Gasteiger partial charge in [-0.1, -0.05) is 12.1 Å². The quantitative estimate of drug-likeness (QED) is 0.220. The first kappa shape index (κ1) is 30.7. The molecule has 0 saturated carbocycles. The van der Waals surface area contributed by atoms with E-state index in [1.165, 1.54) is 12.1 Å². The number of carbonyl (C=O) groups excluding carboxylic acids is 2. The maximum absolute atomic E-state index is 14.3. The van der Waals surface area contributed by atoms with Gasteiger partial charge in [0, 0.05) is 18.7 Å². The van der Waals surface area contributed by atoms with Gasteiger partial charge in [0.15, 0.2) is 17.3 Å². The van der Waals surface area contributed by atoms with Crippen LogP contribution in [0.2, 0.25) is 0 Å². The van der Waals surface area contributed by atoms with Crippen molar-refractivity contribution in [3.8, 4) is 45.8 Å². The number of methoxy groups -OCH3 is 2. The van der Waals surface area contributed by atoms with Crippen LogP contribution in [0.1, 0.15) is 50.1 Å². The van der Waals surface area contributed by atoms with E-state index in [1.807, 2.05) is 65.6 Å². The highest BCUT2D eigenvalue weighted by atomic mass is 16.5. The molecule has 0 spiro atoms. The molecule has 8 bridgehead atoms. The Kier molecular flexibility index (Phi) is 8.37. The zero-order valence-electron chi connectivity index (χ0n) is 26.5. The average molecular weight is 647 g/mol. The molecule has 3 aliphatic heterocycles. The van der Waals surface area contributed by atoms with Gasteiger partial charge in [-0.05, 0) is 108 Å². The molecule has 0 radical (unpaired) electrons. The number of hydrogen-bond donors (Lipinski definition) is 2. The molecule has 10 nitrogen and oxygen atoms in total. The summed E-state index contributed by atoms with van der Waals surface area (Å²) in [4.78, 5) is 28.9. The lowest BCUT2D eigenvalue weighted by molar-refractivity contribution is 0.0662. The molecule has 8 rings (SSSR count). The van der Waals surface area contributed by atoms with E-state index < -0.39 is 11.9 Å². The first-order chi connectivity index (χ1) is 23.4. The minimum Gasteiger partial charge on any atom is -0.507 e. The fourth-order valence-corrected chi connectivity index (χ4v) is 6.17. The van der Waals surface area contributed by atoms with Gasteiger partial charge in [0.05, 0.1) is 32.4 Å². The Morgan fingerprint density at radius 1 is 0.938 bits per heavy atom. The zero-order chi connectivity index (χ0) is 33.2. The molecule has 0 aliphatic carbocycles. The van der Waals surface area contributed by atoms with E-state index in [9.17, 15) is 14.7 Å². The highest BCUT2D eigenvalue weighted by Crippen LogP contribution is 2.44. The number of phenols is 1. The predicted molar refractivity (Wildman–Crippen MR) is 177 cm³/mol. The van der Waals surface area contributed by atoms with Gasteiger partial charge in [-0.2, -0.15) is 0 Å². The number of rotatable bonds is 4. The van der Waals surface area contributed by atoms with Crippen molar-refractivity contribution in [3.63, 3.8) is 0 Å². The molecule has 1 aromatic heterocycles. The Hall–Kier alpha value is -5.90. The number of benzene rings is 4. The number of aromatic hydroxyl groups is 1. The number of ether oxygens (including phenoxy) is 4. The minimum absolute atomic E-state index is 0.0986. The molecule has 4 heterocycles. The topological polar surface area (TPSA) is 120 Å². The van der Waals surface area contributed by atoms with Gasteiger partial charge >= 0.3 is 0 Å². The Balaban J connectivity index is 1.30. The first-order valence-electron chi connectivity index (χ1n) is 15.7. The normalized spacial score (nSPS) is 15.8. The van der Waals surface area contributed by atoms with Crippen LogP contribution in [0.3, 0.4) is 0 Å². The molecule has 1 atom stereocenters. The summed E-state index contributed by atoms with van der Waals surface area (Å²) in [5.41, 5.74) is 3.64. The van der Waals surface area contributed by atoms with Crippen molar-refractivity contribution in [3.05, 3.63) is 119 Å². The molecule has 10 heteroatoms. The third-order valence-corrected chi connectivity index (χ3v) is 8.60. The summed E-state index contributed by atoms with van der Waals surface area (Å²) >= 11 is 0. The van der Waals surface area contributed by atoms with Crippen molar-refractivity contribution in [2.24, 2.45) is 0 Å². The Labute approximate surface area is 277 Å². The number of nitrogens with zero attached hydrogens (tertiary/aromatic N) is 1. The maximum atomic E-state index is 14.3. The molecule has 1 unspecified atom stereocenters. The monoisotopic (exact) mass is 646 g/mol. The molecule has 2 N–H and O–H groups in total. The molecule has 48 heavy (non-hydrogen) atoms. The summed E-state index contributed by atoms with van der Waals surface area (Å²) in [6, 6.07) is 26.5. The second-order valence-corrected chi connectivity index (χ2v) is 11.6. The van der Waals surface area contributed by atoms with Crippen LogP contribution in [-0.4, -0.2) is 55.7 Å². The third kappa shape index (κ3) is 6.00. The number of hydrogen-bond acceptors (Lipinski definition) is 8. The predicted octanol–water partition coefficient (Wildman–Crippen LogP) is 6.76. The number of amides is 2. The van der Waals surface area contributed by atoms with E-state index >= 15 is 0 Å². The number of carbonyl (C=O) groups is 2. The van der Waals surface area contributed by atoms with Crippen LogP contribution >= 0.6 is 0 Å². The van der Waals surface area contributed by atoms with Crippen LogP contribution in [0.5, 0.6) is 34.5 Å². The van der Waals surface area contributed by atoms with E-state index in [0.717, 1.165) is 28.0 Å². The maximum Gasteiger partial charge on any atom is 0.290 e. The van der Waals surface area contributed by atoms with E-state index in [4.69, 9.17) is 23.4 Å². The number of fused-ring (bicyclic) bond motifs is 6. The molecule has 0 fully saturated rings. The fraction of sp³-hybridized carbons (Fsp3) is 0.211. The zero-order valence-corrected chi connectivity index (χ0v) is 26.5. The summed E-state index contributed by atoms with van der Waals surface area (Å²) < 4.78 is 29.5. The van der Waals surface area contributed by atoms with Crippen molar-refractivity contribution in [2.45, 2.75) is 18.9 Å². The Bertz CT molecular complexity index is 1980. The number of furan rings is 1. The number of phenolic OH excluding ortho intramolecular Hbond substituents is 1. The van der Waals surface area contributed by atoms with Crippen LogP contribution in [0, 0.1) is 0 Å². The van der Waals surface area contributed by atoms with Crippen molar-refractivity contribution in [1.29, 1.82) is 0 Å². The van der Waals surface area contributed by atoms with Gasteiger partial charge in [-0.25, -0.2) is 0 Å². The lowest BCUT2D eigenvalue weighted by Crippen LogP contribution is -2.40. The second kappa shape index (κ2) is 13.1. The van der Waals surface area contributed by atoms with E-state index in [1.54, 1.807) is 32.4 Å². The molecule has 0 saturated heterocycles. The van der Waals surface area contributed by atoms with Crippen molar-refractivity contribution >= 4 is 11.8 Å². The molecular weight excluding hydrogens is 612 g/mol. The van der Waals surface area contributed by atoms with Crippen LogP contribution < -0.4 is 24.3 Å². The highest BCUT2D eigenvalue weighted by Gasteiger charge is 2.35. The summed E-state index contributed by atoms with van der Waals surface area (Å²) in [6.07, 6.45) is 1.08. The van der Waals surface area contributed by atoms with Crippen molar-refractivity contribution in [2.75, 3.05) is 33.9 Å². The van der Waals surface area contributed by atoms with E-state index in [0.29, 0.717) is 61.3 Å². The molecule has 5 aromatic rings. The molecular formula is C38H34N2O8. The van der Waals surface area contributed by atoms with Gasteiger partial charge in [0.25, 0.3) is 11.8 Å². The lowest BCUT2D eigenvalue weighted by Gasteiger charge is -2.38. The summed E-state index contributed by atoms with van der Waals surface area (Å²) in [5, 5.41) is 13.2. The van der Waals surface area contributed by atoms with Crippen molar-refractivity contribution in [1.82, 2.24) is 10.2 Å². The average Bonchev–Trinajstić information content (AvgIpc) is 3.61. The van der Waals surface area contributed by atoms with Crippen molar-refractivity contribution < 1.29 is 38.1 Å². The van der Waals surface area contributed by atoms with Crippen LogP contribution in [0.4, 0.5) is 0 Å². The summed E-state index contributed by atoms with van der Waals surface area (Å²) in [6.45, 7) is 1.10. The SMILES string of the molecule is COc1ccc(-c2ccc(C(=O)N3CCc4cc5c(OC)cc4C3c3cccc(c3)OCCCNC(=O)c3cc(ccc3O)O5)o2)cc1. The lowest BCUT2D eigenvalue weighted by atomic mass is 9.87. The summed E-state index contributed by atoms with van der Waals surface area (Å²) in [7, 11) is 3.16. The molecule has 3 aliphatic rings. The Morgan fingerprint density at radius 2 is 1.79 bits per heavy atom. The van der Waals surface area contributed by atoms with Crippen LogP contribution in [0.15, 0.2) is 95.4 Å². The van der Waals surface area contributed by atoms with E-state index in [-0.39, 0.29) is 23.0 Å².